The minimum absolute atomic E-state index is 0.115. The fraction of sp³-hybridized carbons (Fsp3) is 0.310. The van der Waals surface area contributed by atoms with Crippen molar-refractivity contribution < 1.29 is 19.8 Å². The van der Waals surface area contributed by atoms with Crippen LogP contribution in [0.3, 0.4) is 0 Å². The molecule has 2 unspecified atom stereocenters. The first-order valence-corrected chi connectivity index (χ1v) is 12.3. The van der Waals surface area contributed by atoms with Crippen LogP contribution in [0.15, 0.2) is 84.9 Å². The SMILES string of the molecule is O=C(O)C(Cc1ccc(O)cc1)NC(=O)C(Cc1ccccc1)N1CCN(Cc2ccccc2)CC1. The predicted molar refractivity (Wildman–Crippen MR) is 139 cm³/mol. The number of carboxylic acids is 1. The van der Waals surface area contributed by atoms with Crippen LogP contribution in [0.25, 0.3) is 0 Å². The van der Waals surface area contributed by atoms with E-state index in [9.17, 15) is 19.8 Å². The number of phenolic OH excluding ortho intramolecular Hbond substituents is 1. The molecule has 36 heavy (non-hydrogen) atoms. The first-order chi connectivity index (χ1) is 17.5. The summed E-state index contributed by atoms with van der Waals surface area (Å²) in [5.41, 5.74) is 3.03. The molecule has 3 aromatic rings. The lowest BCUT2D eigenvalue weighted by Crippen LogP contribution is -2.57. The van der Waals surface area contributed by atoms with Crippen molar-refractivity contribution in [2.45, 2.75) is 31.5 Å². The Morgan fingerprint density at radius 3 is 1.89 bits per heavy atom. The van der Waals surface area contributed by atoms with Gasteiger partial charge in [-0.1, -0.05) is 72.8 Å². The Hall–Kier alpha value is -3.68. The van der Waals surface area contributed by atoms with Gasteiger partial charge in [0.05, 0.1) is 6.04 Å². The molecular weight excluding hydrogens is 454 g/mol. The Balaban J connectivity index is 1.44. The highest BCUT2D eigenvalue weighted by atomic mass is 16.4. The van der Waals surface area contributed by atoms with Gasteiger partial charge < -0.3 is 15.5 Å². The molecule has 4 rings (SSSR count). The van der Waals surface area contributed by atoms with E-state index in [0.29, 0.717) is 6.42 Å². The van der Waals surface area contributed by atoms with Gasteiger partial charge in [-0.05, 0) is 35.2 Å². The van der Waals surface area contributed by atoms with E-state index in [1.165, 1.54) is 17.7 Å². The summed E-state index contributed by atoms with van der Waals surface area (Å²) in [5, 5.41) is 22.1. The molecule has 188 valence electrons. The third-order valence-corrected chi connectivity index (χ3v) is 6.66. The van der Waals surface area contributed by atoms with Gasteiger partial charge >= 0.3 is 5.97 Å². The molecule has 0 aliphatic carbocycles. The van der Waals surface area contributed by atoms with Crippen LogP contribution in [0.2, 0.25) is 0 Å². The number of hydrogen-bond acceptors (Lipinski definition) is 5. The number of carbonyl (C=O) groups is 2. The normalized spacial score (nSPS) is 16.2. The van der Waals surface area contributed by atoms with Crippen LogP contribution < -0.4 is 5.32 Å². The third kappa shape index (κ3) is 7.16. The summed E-state index contributed by atoms with van der Waals surface area (Å²) < 4.78 is 0. The summed E-state index contributed by atoms with van der Waals surface area (Å²) in [6, 6.07) is 25.0. The molecule has 0 spiro atoms. The molecule has 7 heteroatoms. The number of hydrogen-bond donors (Lipinski definition) is 3. The summed E-state index contributed by atoms with van der Waals surface area (Å²) in [6.07, 6.45) is 0.654. The molecule has 1 amide bonds. The zero-order chi connectivity index (χ0) is 25.3. The number of nitrogens with zero attached hydrogens (tertiary/aromatic N) is 2. The van der Waals surface area contributed by atoms with Crippen LogP contribution in [0.5, 0.6) is 5.75 Å². The van der Waals surface area contributed by atoms with Gasteiger partial charge in [0, 0.05) is 39.1 Å². The van der Waals surface area contributed by atoms with Crippen LogP contribution in [0.4, 0.5) is 0 Å². The Morgan fingerprint density at radius 2 is 1.31 bits per heavy atom. The molecule has 0 radical (unpaired) electrons. The number of carboxylic acid groups (broad SMARTS) is 1. The molecule has 0 aromatic heterocycles. The minimum Gasteiger partial charge on any atom is -0.508 e. The van der Waals surface area contributed by atoms with Crippen molar-refractivity contribution in [2.75, 3.05) is 26.2 Å². The van der Waals surface area contributed by atoms with E-state index < -0.39 is 18.1 Å². The van der Waals surface area contributed by atoms with Crippen molar-refractivity contribution in [1.29, 1.82) is 0 Å². The van der Waals surface area contributed by atoms with Gasteiger partial charge in [0.25, 0.3) is 0 Å². The number of nitrogens with one attached hydrogen (secondary N) is 1. The van der Waals surface area contributed by atoms with Gasteiger partial charge in [0.2, 0.25) is 5.91 Å². The first-order valence-electron chi connectivity index (χ1n) is 12.3. The maximum absolute atomic E-state index is 13.5. The van der Waals surface area contributed by atoms with Crippen molar-refractivity contribution in [3.63, 3.8) is 0 Å². The van der Waals surface area contributed by atoms with Gasteiger partial charge in [-0.15, -0.1) is 0 Å². The van der Waals surface area contributed by atoms with Crippen LogP contribution in [-0.4, -0.2) is 70.2 Å². The highest BCUT2D eigenvalue weighted by Gasteiger charge is 2.32. The van der Waals surface area contributed by atoms with Gasteiger partial charge in [0.1, 0.15) is 11.8 Å². The summed E-state index contributed by atoms with van der Waals surface area (Å²) in [7, 11) is 0. The Kier molecular flexibility index (Phi) is 8.71. The number of aromatic hydroxyl groups is 1. The molecule has 0 bridgehead atoms. The molecule has 1 aliphatic heterocycles. The van der Waals surface area contributed by atoms with Crippen molar-refractivity contribution in [3.8, 4) is 5.75 Å². The Morgan fingerprint density at radius 1 is 0.750 bits per heavy atom. The quantitative estimate of drug-likeness (QED) is 0.407. The molecule has 7 nitrogen and oxygen atoms in total. The highest BCUT2D eigenvalue weighted by Crippen LogP contribution is 2.16. The van der Waals surface area contributed by atoms with E-state index in [-0.39, 0.29) is 18.1 Å². The Labute approximate surface area is 212 Å². The van der Waals surface area contributed by atoms with Crippen molar-refractivity contribution in [2.24, 2.45) is 0 Å². The fourth-order valence-corrected chi connectivity index (χ4v) is 4.64. The fourth-order valence-electron chi connectivity index (χ4n) is 4.64. The van der Waals surface area contributed by atoms with E-state index >= 15 is 0 Å². The lowest BCUT2D eigenvalue weighted by molar-refractivity contribution is -0.142. The molecule has 0 saturated carbocycles. The number of piperazine rings is 1. The number of carbonyl (C=O) groups excluding carboxylic acids is 1. The average molecular weight is 488 g/mol. The number of rotatable bonds is 10. The van der Waals surface area contributed by atoms with Gasteiger partial charge in [0.15, 0.2) is 0 Å². The third-order valence-electron chi connectivity index (χ3n) is 6.66. The molecule has 1 fully saturated rings. The maximum Gasteiger partial charge on any atom is 0.326 e. The summed E-state index contributed by atoms with van der Waals surface area (Å²) >= 11 is 0. The number of aliphatic carboxylic acids is 1. The standard InChI is InChI=1S/C29H33N3O4/c33-25-13-11-23(12-14-25)19-26(29(35)36)30-28(34)27(20-22-7-3-1-4-8-22)32-17-15-31(16-18-32)21-24-9-5-2-6-10-24/h1-14,26-27,33H,15-21H2,(H,30,34)(H,35,36). The van der Waals surface area contributed by atoms with Gasteiger partial charge in [-0.25, -0.2) is 4.79 Å². The zero-order valence-corrected chi connectivity index (χ0v) is 20.3. The van der Waals surface area contributed by atoms with Gasteiger partial charge in [-0.2, -0.15) is 0 Å². The lowest BCUT2D eigenvalue weighted by Gasteiger charge is -2.39. The topological polar surface area (TPSA) is 93.1 Å². The maximum atomic E-state index is 13.5. The number of amides is 1. The largest absolute Gasteiger partial charge is 0.508 e. The first kappa shape index (κ1) is 25.4. The second-order valence-electron chi connectivity index (χ2n) is 9.27. The monoisotopic (exact) mass is 487 g/mol. The van der Waals surface area contributed by atoms with E-state index in [1.54, 1.807) is 12.1 Å². The second kappa shape index (κ2) is 12.3. The zero-order valence-electron chi connectivity index (χ0n) is 20.3. The molecule has 3 N–H and O–H groups in total. The molecule has 1 aliphatic rings. The molecule has 3 aromatic carbocycles. The van der Waals surface area contributed by atoms with Crippen molar-refractivity contribution in [3.05, 3.63) is 102 Å². The number of benzene rings is 3. The number of phenols is 1. The van der Waals surface area contributed by atoms with Crippen molar-refractivity contribution >= 4 is 11.9 Å². The van der Waals surface area contributed by atoms with Crippen molar-refractivity contribution in [1.82, 2.24) is 15.1 Å². The summed E-state index contributed by atoms with van der Waals surface area (Å²) in [6.45, 7) is 4.01. The molecular formula is C29H33N3O4. The Bertz CT molecular complexity index is 1110. The van der Waals surface area contributed by atoms with E-state index in [4.69, 9.17) is 0 Å². The van der Waals surface area contributed by atoms with Crippen LogP contribution in [0, 0.1) is 0 Å². The van der Waals surface area contributed by atoms with E-state index in [0.717, 1.165) is 43.9 Å². The summed E-state index contributed by atoms with van der Waals surface area (Å²) in [4.78, 5) is 30.1. The molecule has 1 heterocycles. The van der Waals surface area contributed by atoms with Crippen LogP contribution in [0.1, 0.15) is 16.7 Å². The lowest BCUT2D eigenvalue weighted by atomic mass is 10.0. The van der Waals surface area contributed by atoms with E-state index in [1.807, 2.05) is 48.5 Å². The molecule has 2 atom stereocenters. The van der Waals surface area contributed by atoms with Crippen LogP contribution >= 0.6 is 0 Å². The van der Waals surface area contributed by atoms with Crippen LogP contribution in [-0.2, 0) is 29.0 Å². The smallest absolute Gasteiger partial charge is 0.326 e. The summed E-state index contributed by atoms with van der Waals surface area (Å²) in [5.74, 6) is -1.24. The predicted octanol–water partition coefficient (Wildman–Crippen LogP) is 2.93. The highest BCUT2D eigenvalue weighted by molar-refractivity contribution is 5.87. The molecule has 1 saturated heterocycles. The van der Waals surface area contributed by atoms with Gasteiger partial charge in [-0.3, -0.25) is 14.6 Å². The average Bonchev–Trinajstić information content (AvgIpc) is 2.90. The minimum atomic E-state index is -1.08. The second-order valence-corrected chi connectivity index (χ2v) is 9.27. The van der Waals surface area contributed by atoms with E-state index in [2.05, 4.69) is 27.2 Å².